The molecule has 4 aromatic rings. The molecule has 55 heavy (non-hydrogen) atoms. The molecule has 0 aliphatic heterocycles. The SMILES string of the molecule is CCCCCCc1cc(Nc2ccc(F)[c-]c2F)ccc1C.CCCCCCc1cc(Nc2ccc(F)[c-]c2F)ccc1C.[C-]1=CC=CC1.[C-]1=CC=CC1.[Ti+4]. The molecular formula is C48H54F4N2Ti. The van der Waals surface area contributed by atoms with E-state index in [1.54, 1.807) is 0 Å². The molecule has 0 saturated heterocycles. The van der Waals surface area contributed by atoms with Gasteiger partial charge in [-0.05, 0) is 97.4 Å². The molecule has 2 N–H and O–H groups in total. The van der Waals surface area contributed by atoms with Gasteiger partial charge in [-0.15, -0.1) is 49.2 Å². The number of aryl methyl sites for hydroxylation is 4. The quantitative estimate of drug-likeness (QED) is 0.0576. The summed E-state index contributed by atoms with van der Waals surface area (Å²) < 4.78 is 53.1. The predicted octanol–water partition coefficient (Wildman–Crippen LogP) is 14.5. The summed E-state index contributed by atoms with van der Waals surface area (Å²) in [4.78, 5) is 0. The summed E-state index contributed by atoms with van der Waals surface area (Å²) in [5.74, 6) is -2.79. The minimum atomic E-state index is -0.704. The molecule has 6 rings (SSSR count). The topological polar surface area (TPSA) is 24.1 Å². The number of benzene rings is 4. The zero-order valence-electron chi connectivity index (χ0n) is 32.7. The third kappa shape index (κ3) is 18.8. The third-order valence-electron chi connectivity index (χ3n) is 8.75. The number of allylic oxidation sites excluding steroid dienone is 8. The van der Waals surface area contributed by atoms with Gasteiger partial charge in [0.05, 0.1) is 0 Å². The van der Waals surface area contributed by atoms with Crippen LogP contribution in [0.1, 0.15) is 100 Å². The Morgan fingerprint density at radius 2 is 0.964 bits per heavy atom. The first-order valence-electron chi connectivity index (χ1n) is 19.1. The second-order valence-electron chi connectivity index (χ2n) is 13.2. The van der Waals surface area contributed by atoms with E-state index in [0.29, 0.717) is 0 Å². The Labute approximate surface area is 342 Å². The van der Waals surface area contributed by atoms with E-state index < -0.39 is 23.3 Å². The summed E-state index contributed by atoms with van der Waals surface area (Å²) in [7, 11) is 0. The van der Waals surface area contributed by atoms with E-state index in [4.69, 9.17) is 0 Å². The first-order chi connectivity index (χ1) is 26.2. The molecule has 7 heteroatoms. The van der Waals surface area contributed by atoms with Crippen LogP contribution in [0.4, 0.5) is 40.3 Å². The van der Waals surface area contributed by atoms with Gasteiger partial charge in [-0.3, -0.25) is 12.2 Å². The zero-order valence-corrected chi connectivity index (χ0v) is 34.3. The van der Waals surface area contributed by atoms with Crippen molar-refractivity contribution in [3.05, 3.63) is 167 Å². The van der Waals surface area contributed by atoms with E-state index >= 15 is 0 Å². The van der Waals surface area contributed by atoms with Gasteiger partial charge < -0.3 is 10.6 Å². The number of anilines is 4. The summed E-state index contributed by atoms with van der Waals surface area (Å²) in [5.41, 5.74) is 7.14. The predicted molar refractivity (Wildman–Crippen MR) is 218 cm³/mol. The van der Waals surface area contributed by atoms with Crippen LogP contribution in [0.5, 0.6) is 0 Å². The Bertz CT molecular complexity index is 1680. The van der Waals surface area contributed by atoms with Crippen molar-refractivity contribution in [2.24, 2.45) is 0 Å². The van der Waals surface area contributed by atoms with Gasteiger partial charge in [-0.1, -0.05) is 64.5 Å². The van der Waals surface area contributed by atoms with Crippen LogP contribution in [0, 0.1) is 61.4 Å². The second-order valence-corrected chi connectivity index (χ2v) is 13.2. The molecule has 0 amide bonds. The summed E-state index contributed by atoms with van der Waals surface area (Å²) in [6, 6.07) is 21.2. The molecule has 0 heterocycles. The van der Waals surface area contributed by atoms with E-state index in [1.807, 2.05) is 72.8 Å². The maximum atomic E-state index is 13.6. The van der Waals surface area contributed by atoms with Crippen LogP contribution in [-0.2, 0) is 34.6 Å². The first kappa shape index (κ1) is 47.0. The summed E-state index contributed by atoms with van der Waals surface area (Å²) in [6.45, 7) is 8.57. The van der Waals surface area contributed by atoms with Gasteiger partial charge in [-0.25, -0.2) is 41.9 Å². The third-order valence-corrected chi connectivity index (χ3v) is 8.75. The van der Waals surface area contributed by atoms with Crippen LogP contribution in [-0.4, -0.2) is 0 Å². The van der Waals surface area contributed by atoms with Crippen molar-refractivity contribution in [3.63, 3.8) is 0 Å². The molecule has 0 fully saturated rings. The number of rotatable bonds is 14. The van der Waals surface area contributed by atoms with Crippen molar-refractivity contribution in [1.82, 2.24) is 0 Å². The average Bonchev–Trinajstić information content (AvgIpc) is 3.95. The number of hydrogen-bond acceptors (Lipinski definition) is 2. The van der Waals surface area contributed by atoms with E-state index in [-0.39, 0.29) is 33.1 Å². The number of halogens is 4. The van der Waals surface area contributed by atoms with Crippen LogP contribution in [0.2, 0.25) is 0 Å². The second kappa shape index (κ2) is 27.5. The molecule has 4 aromatic carbocycles. The Kier molecular flexibility index (Phi) is 23.5. The Morgan fingerprint density at radius 3 is 1.27 bits per heavy atom. The fourth-order valence-electron chi connectivity index (χ4n) is 5.59. The maximum absolute atomic E-state index is 13.6. The van der Waals surface area contributed by atoms with Crippen molar-refractivity contribution >= 4 is 22.7 Å². The number of hydrogen-bond donors (Lipinski definition) is 2. The summed E-state index contributed by atoms with van der Waals surface area (Å²) in [6.07, 6.45) is 31.8. The zero-order chi connectivity index (χ0) is 39.0. The number of unbranched alkanes of at least 4 members (excludes halogenated alkanes) is 6. The van der Waals surface area contributed by atoms with Crippen LogP contribution in [0.3, 0.4) is 0 Å². The smallest absolute Gasteiger partial charge is 0.406 e. The van der Waals surface area contributed by atoms with Crippen LogP contribution >= 0.6 is 0 Å². The molecule has 288 valence electrons. The largest absolute Gasteiger partial charge is 4.00 e. The minimum Gasteiger partial charge on any atom is -0.406 e. The van der Waals surface area contributed by atoms with Gasteiger partial charge in [0, 0.05) is 34.6 Å². The molecule has 0 unspecified atom stereocenters. The van der Waals surface area contributed by atoms with Gasteiger partial charge in [0.2, 0.25) is 0 Å². The van der Waals surface area contributed by atoms with Crippen molar-refractivity contribution in [1.29, 1.82) is 0 Å². The minimum absolute atomic E-state index is 0. The summed E-state index contributed by atoms with van der Waals surface area (Å²) in [5, 5.41) is 5.99. The summed E-state index contributed by atoms with van der Waals surface area (Å²) >= 11 is 0. The average molecular weight is 783 g/mol. The van der Waals surface area contributed by atoms with Gasteiger partial charge in [0.25, 0.3) is 0 Å². The van der Waals surface area contributed by atoms with Crippen molar-refractivity contribution < 1.29 is 39.3 Å². The van der Waals surface area contributed by atoms with Crippen LogP contribution in [0.15, 0.2) is 97.1 Å². The number of nitrogens with one attached hydrogen (secondary N) is 2. The fraction of sp³-hybridized carbons (Fsp3) is 0.333. The van der Waals surface area contributed by atoms with E-state index in [0.717, 1.165) is 49.9 Å². The molecule has 0 aromatic heterocycles. The Hall–Kier alpha value is -4.13. The molecule has 0 spiro atoms. The fourth-order valence-corrected chi connectivity index (χ4v) is 5.59. The van der Waals surface area contributed by atoms with E-state index in [1.165, 1.54) is 85.0 Å². The Balaban J connectivity index is 0.000000298. The van der Waals surface area contributed by atoms with E-state index in [9.17, 15) is 17.6 Å². The molecule has 0 atom stereocenters. The first-order valence-corrected chi connectivity index (χ1v) is 19.1. The standard InChI is InChI=1S/2C19H22F2N.2C5H5.Ti/c2*1-3-4-5-6-7-15-12-17(10-8-14(15)2)22-19-11-9-16(20)13-18(19)21;2*1-2-4-5-3-1;/h2*8-12,22H,3-7H2,1-2H3;2*1-3H,4H2;/q4*-1;+4. The maximum Gasteiger partial charge on any atom is 4.00 e. The molecule has 0 bridgehead atoms. The molecular weight excluding hydrogens is 728 g/mol. The molecule has 0 saturated carbocycles. The molecule has 2 nitrogen and oxygen atoms in total. The van der Waals surface area contributed by atoms with Crippen LogP contribution < -0.4 is 10.6 Å². The molecule has 0 radical (unpaired) electrons. The molecule has 2 aliphatic rings. The van der Waals surface area contributed by atoms with Crippen molar-refractivity contribution in [2.75, 3.05) is 10.6 Å². The normalized spacial score (nSPS) is 11.8. The van der Waals surface area contributed by atoms with E-state index in [2.05, 4.69) is 62.6 Å². The van der Waals surface area contributed by atoms with Crippen molar-refractivity contribution in [3.8, 4) is 0 Å². The Morgan fingerprint density at radius 1 is 0.545 bits per heavy atom. The van der Waals surface area contributed by atoms with Gasteiger partial charge >= 0.3 is 21.7 Å². The van der Waals surface area contributed by atoms with Gasteiger partial charge in [-0.2, -0.15) is 12.2 Å². The molecule has 2 aliphatic carbocycles. The van der Waals surface area contributed by atoms with Gasteiger partial charge in [0.1, 0.15) is 0 Å². The van der Waals surface area contributed by atoms with Crippen molar-refractivity contribution in [2.45, 2.75) is 105 Å². The van der Waals surface area contributed by atoms with Gasteiger partial charge in [0.15, 0.2) is 0 Å². The monoisotopic (exact) mass is 782 g/mol. The van der Waals surface area contributed by atoms with Crippen LogP contribution in [0.25, 0.3) is 0 Å².